The number of nitrogens with one attached hydrogen (secondary N) is 2. The van der Waals surface area contributed by atoms with Crippen molar-refractivity contribution in [2.45, 2.75) is 19.8 Å². The quantitative estimate of drug-likeness (QED) is 0.755. The molecule has 0 aliphatic carbocycles. The molecule has 0 radical (unpaired) electrons. The molecule has 0 aliphatic rings. The van der Waals surface area contributed by atoms with E-state index in [0.29, 0.717) is 24.7 Å². The molecule has 6 nitrogen and oxygen atoms in total. The molecule has 0 bridgehead atoms. The van der Waals surface area contributed by atoms with Crippen molar-refractivity contribution in [3.05, 3.63) is 29.0 Å². The van der Waals surface area contributed by atoms with Crippen LogP contribution in [0.5, 0.6) is 0 Å². The van der Waals surface area contributed by atoms with Crippen LogP contribution in [0.25, 0.3) is 0 Å². The first-order valence-electron chi connectivity index (χ1n) is 6.44. The Morgan fingerprint density at radius 3 is 2.70 bits per heavy atom. The van der Waals surface area contributed by atoms with Crippen molar-refractivity contribution in [2.75, 3.05) is 19.7 Å². The highest BCUT2D eigenvalue weighted by Gasteiger charge is 2.06. The van der Waals surface area contributed by atoms with Gasteiger partial charge in [-0.05, 0) is 18.6 Å². The Bertz CT molecular complexity index is 437. The first-order valence-corrected chi connectivity index (χ1v) is 6.81. The molecule has 7 heteroatoms. The summed E-state index contributed by atoms with van der Waals surface area (Å²) in [7, 11) is 0. The van der Waals surface area contributed by atoms with E-state index in [4.69, 9.17) is 16.3 Å². The number of nitrogens with zero attached hydrogens (tertiary/aromatic N) is 1. The monoisotopic (exact) mass is 299 g/mol. The minimum Gasteiger partial charge on any atom is -0.450 e. The van der Waals surface area contributed by atoms with E-state index in [9.17, 15) is 9.59 Å². The van der Waals surface area contributed by atoms with Gasteiger partial charge in [0.1, 0.15) is 5.69 Å². The van der Waals surface area contributed by atoms with E-state index in [-0.39, 0.29) is 11.6 Å². The topological polar surface area (TPSA) is 80.3 Å². The Morgan fingerprint density at radius 2 is 2.05 bits per heavy atom. The maximum atomic E-state index is 11.7. The normalized spacial score (nSPS) is 9.90. The van der Waals surface area contributed by atoms with E-state index in [2.05, 4.69) is 15.6 Å². The number of unbranched alkanes of at least 4 members (excludes halogenated alkanes) is 1. The molecule has 2 N–H and O–H groups in total. The zero-order valence-corrected chi connectivity index (χ0v) is 12.1. The highest BCUT2D eigenvalue weighted by atomic mass is 35.5. The number of amides is 2. The number of hydrogen-bond donors (Lipinski definition) is 2. The first kappa shape index (κ1) is 16.2. The zero-order chi connectivity index (χ0) is 14.8. The van der Waals surface area contributed by atoms with E-state index in [1.807, 2.05) is 6.92 Å². The van der Waals surface area contributed by atoms with Crippen LogP contribution in [0.4, 0.5) is 4.79 Å². The zero-order valence-electron chi connectivity index (χ0n) is 11.3. The van der Waals surface area contributed by atoms with Crippen molar-refractivity contribution < 1.29 is 14.3 Å². The predicted molar refractivity (Wildman–Crippen MR) is 75.8 cm³/mol. The number of hydrogen-bond acceptors (Lipinski definition) is 4. The van der Waals surface area contributed by atoms with Crippen LogP contribution in [-0.2, 0) is 4.74 Å². The number of alkyl carbamates (subject to hydrolysis) is 1. The first-order chi connectivity index (χ1) is 9.63. The molecule has 2 amide bonds. The largest absolute Gasteiger partial charge is 0.450 e. The van der Waals surface area contributed by atoms with Crippen LogP contribution in [-0.4, -0.2) is 36.7 Å². The van der Waals surface area contributed by atoms with Crippen LogP contribution in [0.1, 0.15) is 30.3 Å². The van der Waals surface area contributed by atoms with Crippen LogP contribution in [0.3, 0.4) is 0 Å². The minimum atomic E-state index is -0.475. The van der Waals surface area contributed by atoms with E-state index in [0.717, 1.165) is 12.8 Å². The molecular weight excluding hydrogens is 282 g/mol. The minimum absolute atomic E-state index is 0.278. The lowest BCUT2D eigenvalue weighted by molar-refractivity contribution is 0.0947. The smallest absolute Gasteiger partial charge is 0.407 e. The van der Waals surface area contributed by atoms with Gasteiger partial charge >= 0.3 is 6.09 Å². The molecule has 110 valence electrons. The lowest BCUT2D eigenvalue weighted by Crippen LogP contribution is -2.35. The van der Waals surface area contributed by atoms with Crippen molar-refractivity contribution in [1.82, 2.24) is 15.6 Å². The molecule has 1 aromatic rings. The molecule has 0 saturated carbocycles. The summed E-state index contributed by atoms with van der Waals surface area (Å²) in [6.07, 6.45) is 2.74. The lowest BCUT2D eigenvalue weighted by Gasteiger charge is -2.07. The Morgan fingerprint density at radius 1 is 1.30 bits per heavy atom. The number of carbonyl (C=O) groups is 2. The number of halogens is 1. The second-order valence-electron chi connectivity index (χ2n) is 4.03. The summed E-state index contributed by atoms with van der Waals surface area (Å²) in [5.41, 5.74) is 0.278. The van der Waals surface area contributed by atoms with E-state index in [1.165, 1.54) is 12.3 Å². The van der Waals surface area contributed by atoms with Gasteiger partial charge in [0.15, 0.2) is 0 Å². The summed E-state index contributed by atoms with van der Waals surface area (Å²) in [5, 5.41) is 5.64. The van der Waals surface area contributed by atoms with Gasteiger partial charge in [0, 0.05) is 19.3 Å². The molecule has 0 aliphatic heterocycles. The molecule has 0 unspecified atom stereocenters. The summed E-state index contributed by atoms with van der Waals surface area (Å²) in [6, 6.07) is 3.12. The van der Waals surface area contributed by atoms with Gasteiger partial charge in [-0.1, -0.05) is 24.9 Å². The third kappa shape index (κ3) is 6.38. The Labute approximate surface area is 122 Å². The van der Waals surface area contributed by atoms with Crippen LogP contribution < -0.4 is 10.6 Å². The van der Waals surface area contributed by atoms with Crippen molar-refractivity contribution in [1.29, 1.82) is 0 Å². The summed E-state index contributed by atoms with van der Waals surface area (Å²) >= 11 is 5.67. The predicted octanol–water partition coefficient (Wildman–Crippen LogP) is 1.99. The van der Waals surface area contributed by atoms with E-state index < -0.39 is 6.09 Å². The van der Waals surface area contributed by atoms with Crippen molar-refractivity contribution in [2.24, 2.45) is 0 Å². The van der Waals surface area contributed by atoms with Gasteiger partial charge in [-0.15, -0.1) is 0 Å². The average molecular weight is 300 g/mol. The Hall–Kier alpha value is -1.82. The summed E-state index contributed by atoms with van der Waals surface area (Å²) in [5.74, 6) is -0.317. The maximum Gasteiger partial charge on any atom is 0.407 e. The third-order valence-corrected chi connectivity index (χ3v) is 2.59. The Balaban J connectivity index is 2.16. The molecule has 1 aromatic heterocycles. The SMILES string of the molecule is CCCCOC(=O)NCCNC(=O)c1ccc(Cl)cn1. The highest BCUT2D eigenvalue weighted by molar-refractivity contribution is 6.30. The summed E-state index contributed by atoms with van der Waals surface area (Å²) < 4.78 is 4.90. The molecule has 0 spiro atoms. The molecule has 1 rings (SSSR count). The van der Waals surface area contributed by atoms with Crippen molar-refractivity contribution >= 4 is 23.6 Å². The fourth-order valence-electron chi connectivity index (χ4n) is 1.30. The maximum absolute atomic E-state index is 11.7. The average Bonchev–Trinajstić information content (AvgIpc) is 2.44. The van der Waals surface area contributed by atoms with Crippen LogP contribution in [0.2, 0.25) is 5.02 Å². The number of aromatic nitrogens is 1. The van der Waals surface area contributed by atoms with Gasteiger partial charge < -0.3 is 15.4 Å². The van der Waals surface area contributed by atoms with Gasteiger partial charge in [-0.3, -0.25) is 4.79 Å². The number of ether oxygens (including phenoxy) is 1. The van der Waals surface area contributed by atoms with Gasteiger partial charge in [0.05, 0.1) is 11.6 Å². The number of carbonyl (C=O) groups excluding carboxylic acids is 2. The molecule has 0 aromatic carbocycles. The third-order valence-electron chi connectivity index (χ3n) is 2.37. The highest BCUT2D eigenvalue weighted by Crippen LogP contribution is 2.05. The van der Waals surface area contributed by atoms with Gasteiger partial charge in [0.25, 0.3) is 5.91 Å². The molecule has 20 heavy (non-hydrogen) atoms. The molecular formula is C13H18ClN3O3. The summed E-state index contributed by atoms with van der Waals surface area (Å²) in [6.45, 7) is 3.02. The summed E-state index contributed by atoms with van der Waals surface area (Å²) in [4.78, 5) is 26.7. The van der Waals surface area contributed by atoms with Crippen molar-refractivity contribution in [3.8, 4) is 0 Å². The molecule has 0 atom stereocenters. The second kappa shape index (κ2) is 9.14. The van der Waals surface area contributed by atoms with E-state index in [1.54, 1.807) is 6.07 Å². The molecule has 0 fully saturated rings. The lowest BCUT2D eigenvalue weighted by atomic mass is 10.3. The molecule has 0 saturated heterocycles. The number of rotatable bonds is 7. The van der Waals surface area contributed by atoms with Gasteiger partial charge in [-0.25, -0.2) is 9.78 Å². The molecule has 1 heterocycles. The van der Waals surface area contributed by atoms with Crippen LogP contribution in [0.15, 0.2) is 18.3 Å². The fraction of sp³-hybridized carbons (Fsp3) is 0.462. The standard InChI is InChI=1S/C13H18ClN3O3/c1-2-3-8-20-13(19)16-7-6-15-12(18)11-5-4-10(14)9-17-11/h4-5,9H,2-3,6-8H2,1H3,(H,15,18)(H,16,19). The van der Waals surface area contributed by atoms with Gasteiger partial charge in [0.2, 0.25) is 0 Å². The van der Waals surface area contributed by atoms with Crippen LogP contribution in [0, 0.1) is 0 Å². The number of pyridine rings is 1. The fourth-order valence-corrected chi connectivity index (χ4v) is 1.41. The Kier molecular flexibility index (Phi) is 7.42. The second-order valence-corrected chi connectivity index (χ2v) is 4.47. The van der Waals surface area contributed by atoms with Crippen LogP contribution >= 0.6 is 11.6 Å². The van der Waals surface area contributed by atoms with E-state index >= 15 is 0 Å². The van der Waals surface area contributed by atoms with Gasteiger partial charge in [-0.2, -0.15) is 0 Å². The van der Waals surface area contributed by atoms with Crippen molar-refractivity contribution in [3.63, 3.8) is 0 Å².